The fourth-order valence-corrected chi connectivity index (χ4v) is 4.38. The molecule has 0 radical (unpaired) electrons. The van der Waals surface area contributed by atoms with E-state index in [0.717, 1.165) is 42.3 Å². The van der Waals surface area contributed by atoms with Crippen LogP contribution in [0.5, 0.6) is 0 Å². The van der Waals surface area contributed by atoms with Crippen LogP contribution < -0.4 is 10.9 Å². The molecule has 4 rings (SSSR count). The van der Waals surface area contributed by atoms with Gasteiger partial charge in [-0.1, -0.05) is 42.5 Å². The molecule has 1 amide bonds. The molecule has 2 heterocycles. The second-order valence-corrected chi connectivity index (χ2v) is 8.25. The van der Waals surface area contributed by atoms with Gasteiger partial charge < -0.3 is 10.3 Å². The Balaban J connectivity index is 1.46. The minimum atomic E-state index is -0.405. The number of benzene rings is 2. The Kier molecular flexibility index (Phi) is 6.12. The zero-order valence-corrected chi connectivity index (χ0v) is 16.9. The maximum absolute atomic E-state index is 12.6. The number of nitrogens with one attached hydrogen (secondary N) is 2. The van der Waals surface area contributed by atoms with Crippen molar-refractivity contribution in [2.45, 2.75) is 6.54 Å². The third kappa shape index (κ3) is 4.96. The normalized spacial score (nSPS) is 14.5. The van der Waals surface area contributed by atoms with E-state index < -0.39 is 11.5 Å². The Bertz CT molecular complexity index is 1040. The Hall–Kier alpha value is -2.83. The molecule has 1 saturated heterocycles. The monoisotopic (exact) mass is 405 g/mol. The molecule has 0 aliphatic carbocycles. The zero-order valence-electron chi connectivity index (χ0n) is 16.1. The summed E-state index contributed by atoms with van der Waals surface area (Å²) in [6, 6.07) is 20.7. The number of nitrogens with zero attached hydrogens (tertiary/aromatic N) is 1. The molecule has 0 bridgehead atoms. The second-order valence-electron chi connectivity index (χ2n) is 7.02. The number of amides is 1. The summed E-state index contributed by atoms with van der Waals surface area (Å²) in [6.45, 7) is 3.05. The Morgan fingerprint density at radius 1 is 1.00 bits per heavy atom. The average Bonchev–Trinajstić information content (AvgIpc) is 2.75. The molecule has 6 heteroatoms. The summed E-state index contributed by atoms with van der Waals surface area (Å²) in [5.41, 5.74) is 3.15. The Morgan fingerprint density at radius 2 is 1.79 bits per heavy atom. The SMILES string of the molecule is O=C(Nc1cccc(CN2CCSCC2)c1)c1ccc(-c2ccccc2)[nH]c1=O. The zero-order chi connectivity index (χ0) is 20.1. The van der Waals surface area contributed by atoms with Crippen LogP contribution in [0.1, 0.15) is 15.9 Å². The molecule has 5 nitrogen and oxygen atoms in total. The van der Waals surface area contributed by atoms with Crippen LogP contribution in [0.3, 0.4) is 0 Å². The first-order valence-electron chi connectivity index (χ1n) is 9.68. The molecule has 148 valence electrons. The van der Waals surface area contributed by atoms with Gasteiger partial charge in [-0.2, -0.15) is 11.8 Å². The van der Waals surface area contributed by atoms with Crippen molar-refractivity contribution in [1.82, 2.24) is 9.88 Å². The van der Waals surface area contributed by atoms with Crippen molar-refractivity contribution in [2.75, 3.05) is 29.9 Å². The standard InChI is InChI=1S/C23H23N3O2S/c27-22(20-9-10-21(25-23(20)28)18-6-2-1-3-7-18)24-19-8-4-5-17(15-19)16-26-11-13-29-14-12-26/h1-10,15H,11-14,16H2,(H,24,27)(H,25,28). The van der Waals surface area contributed by atoms with Gasteiger partial charge in [0.1, 0.15) is 5.56 Å². The minimum Gasteiger partial charge on any atom is -0.322 e. The van der Waals surface area contributed by atoms with Gasteiger partial charge >= 0.3 is 0 Å². The summed E-state index contributed by atoms with van der Waals surface area (Å²) < 4.78 is 0. The van der Waals surface area contributed by atoms with Crippen molar-refractivity contribution < 1.29 is 4.79 Å². The summed E-state index contributed by atoms with van der Waals surface area (Å²) in [5, 5.41) is 2.85. The lowest BCUT2D eigenvalue weighted by atomic mass is 10.1. The summed E-state index contributed by atoms with van der Waals surface area (Å²) in [5.74, 6) is 1.92. The molecule has 2 N–H and O–H groups in total. The summed E-state index contributed by atoms with van der Waals surface area (Å²) in [4.78, 5) is 30.3. The molecule has 0 unspecified atom stereocenters. The van der Waals surface area contributed by atoms with Crippen LogP contribution in [0.2, 0.25) is 0 Å². The number of anilines is 1. The van der Waals surface area contributed by atoms with Crippen LogP contribution >= 0.6 is 11.8 Å². The van der Waals surface area contributed by atoms with E-state index in [0.29, 0.717) is 11.4 Å². The minimum absolute atomic E-state index is 0.100. The van der Waals surface area contributed by atoms with Crippen LogP contribution in [-0.2, 0) is 6.54 Å². The number of carbonyl (C=O) groups excluding carboxylic acids is 1. The van der Waals surface area contributed by atoms with Crippen LogP contribution in [-0.4, -0.2) is 40.4 Å². The van der Waals surface area contributed by atoms with Crippen LogP contribution in [0.25, 0.3) is 11.3 Å². The van der Waals surface area contributed by atoms with E-state index in [2.05, 4.69) is 21.3 Å². The highest BCUT2D eigenvalue weighted by atomic mass is 32.2. The van der Waals surface area contributed by atoms with E-state index in [1.807, 2.05) is 60.3 Å². The highest BCUT2D eigenvalue weighted by molar-refractivity contribution is 7.99. The molecule has 2 aromatic carbocycles. The molecule has 1 aliphatic rings. The number of hydrogen-bond acceptors (Lipinski definition) is 4. The fourth-order valence-electron chi connectivity index (χ4n) is 3.40. The first kappa shape index (κ1) is 19.5. The number of aromatic nitrogens is 1. The fraction of sp³-hybridized carbons (Fsp3) is 0.217. The average molecular weight is 406 g/mol. The third-order valence-electron chi connectivity index (χ3n) is 4.93. The van der Waals surface area contributed by atoms with Crippen LogP contribution in [0, 0.1) is 0 Å². The van der Waals surface area contributed by atoms with Gasteiger partial charge in [-0.3, -0.25) is 14.5 Å². The van der Waals surface area contributed by atoms with E-state index in [9.17, 15) is 9.59 Å². The van der Waals surface area contributed by atoms with Gasteiger partial charge in [-0.05, 0) is 35.4 Å². The van der Waals surface area contributed by atoms with Gasteiger partial charge in [-0.25, -0.2) is 0 Å². The van der Waals surface area contributed by atoms with Gasteiger partial charge in [0.2, 0.25) is 0 Å². The first-order chi connectivity index (χ1) is 14.2. The number of aromatic amines is 1. The van der Waals surface area contributed by atoms with Crippen molar-refractivity contribution in [1.29, 1.82) is 0 Å². The number of pyridine rings is 1. The first-order valence-corrected chi connectivity index (χ1v) is 10.8. The number of carbonyl (C=O) groups is 1. The number of rotatable bonds is 5. The van der Waals surface area contributed by atoms with Crippen molar-refractivity contribution in [3.63, 3.8) is 0 Å². The van der Waals surface area contributed by atoms with E-state index >= 15 is 0 Å². The topological polar surface area (TPSA) is 65.2 Å². The Labute approximate surface area is 174 Å². The highest BCUT2D eigenvalue weighted by Crippen LogP contribution is 2.18. The lowest BCUT2D eigenvalue weighted by Crippen LogP contribution is -2.32. The van der Waals surface area contributed by atoms with Gasteiger partial charge in [0.05, 0.1) is 0 Å². The molecule has 0 spiro atoms. The van der Waals surface area contributed by atoms with Crippen LogP contribution in [0.4, 0.5) is 5.69 Å². The molecular weight excluding hydrogens is 382 g/mol. The molecule has 29 heavy (non-hydrogen) atoms. The van der Waals surface area contributed by atoms with Crippen molar-refractivity contribution in [3.8, 4) is 11.3 Å². The number of H-pyrrole nitrogens is 1. The molecule has 1 aliphatic heterocycles. The van der Waals surface area contributed by atoms with Gasteiger partial charge in [0, 0.05) is 42.5 Å². The maximum Gasteiger partial charge on any atom is 0.261 e. The van der Waals surface area contributed by atoms with E-state index in [1.54, 1.807) is 12.1 Å². The number of thioether (sulfide) groups is 1. The van der Waals surface area contributed by atoms with Gasteiger partial charge in [0.25, 0.3) is 11.5 Å². The molecular formula is C23H23N3O2S. The summed E-state index contributed by atoms with van der Waals surface area (Å²) >= 11 is 1.99. The second kappa shape index (κ2) is 9.11. The van der Waals surface area contributed by atoms with E-state index in [-0.39, 0.29) is 5.56 Å². The predicted molar refractivity (Wildman–Crippen MR) is 119 cm³/mol. The molecule has 1 aromatic heterocycles. The Morgan fingerprint density at radius 3 is 2.55 bits per heavy atom. The van der Waals surface area contributed by atoms with Gasteiger partial charge in [0.15, 0.2) is 0 Å². The van der Waals surface area contributed by atoms with Crippen molar-refractivity contribution >= 4 is 23.4 Å². The summed E-state index contributed by atoms with van der Waals surface area (Å²) in [7, 11) is 0. The smallest absolute Gasteiger partial charge is 0.261 e. The van der Waals surface area contributed by atoms with E-state index in [4.69, 9.17) is 0 Å². The van der Waals surface area contributed by atoms with Crippen molar-refractivity contribution in [2.24, 2.45) is 0 Å². The van der Waals surface area contributed by atoms with Crippen LogP contribution in [0.15, 0.2) is 71.5 Å². The van der Waals surface area contributed by atoms with E-state index in [1.165, 1.54) is 0 Å². The summed E-state index contributed by atoms with van der Waals surface area (Å²) in [6.07, 6.45) is 0. The molecule has 1 fully saturated rings. The number of hydrogen-bond donors (Lipinski definition) is 2. The predicted octanol–water partition coefficient (Wildman–Crippen LogP) is 3.84. The third-order valence-corrected chi connectivity index (χ3v) is 5.88. The molecule has 3 aromatic rings. The highest BCUT2D eigenvalue weighted by Gasteiger charge is 2.14. The molecule has 0 atom stereocenters. The maximum atomic E-state index is 12.6. The molecule has 0 saturated carbocycles. The van der Waals surface area contributed by atoms with Crippen molar-refractivity contribution in [3.05, 3.63) is 88.2 Å². The largest absolute Gasteiger partial charge is 0.322 e. The lowest BCUT2D eigenvalue weighted by molar-refractivity contribution is 0.102. The quantitative estimate of drug-likeness (QED) is 0.677. The van der Waals surface area contributed by atoms with Gasteiger partial charge in [-0.15, -0.1) is 0 Å². The lowest BCUT2D eigenvalue weighted by Gasteiger charge is -2.26.